The van der Waals surface area contributed by atoms with Crippen LogP contribution in [0.4, 0.5) is 0 Å². The first-order chi connectivity index (χ1) is 9.56. The van der Waals surface area contributed by atoms with Crippen molar-refractivity contribution in [2.75, 3.05) is 0 Å². The van der Waals surface area contributed by atoms with Crippen molar-refractivity contribution in [2.45, 2.75) is 52.4 Å². The summed E-state index contributed by atoms with van der Waals surface area (Å²) in [5.41, 5.74) is 2.65. The van der Waals surface area contributed by atoms with Gasteiger partial charge in [0.15, 0.2) is 0 Å². The highest BCUT2D eigenvalue weighted by molar-refractivity contribution is 14.1. The number of fused-ring (bicyclic) bond motifs is 5. The molecule has 1 fully saturated rings. The van der Waals surface area contributed by atoms with Crippen molar-refractivity contribution in [2.24, 2.45) is 28.6 Å². The van der Waals surface area contributed by atoms with Crippen LogP contribution in [0.5, 0.6) is 0 Å². The lowest BCUT2D eigenvalue weighted by molar-refractivity contribution is -0.00572. The molecule has 0 spiro atoms. The Morgan fingerprint density at radius 2 is 1.90 bits per heavy atom. The second-order valence-corrected chi connectivity index (χ2v) is 9.04. The van der Waals surface area contributed by atoms with Crippen LogP contribution in [-0.2, 0) is 0 Å². The van der Waals surface area contributed by atoms with E-state index in [1.165, 1.54) is 38.5 Å². The van der Waals surface area contributed by atoms with E-state index in [0.29, 0.717) is 10.8 Å². The van der Waals surface area contributed by atoms with Gasteiger partial charge in [-0.15, -0.1) is 0 Å². The molecule has 0 bridgehead atoms. The molecule has 0 amide bonds. The molecule has 0 unspecified atom stereocenters. The quantitative estimate of drug-likeness (QED) is 0.449. The first-order valence-corrected chi connectivity index (χ1v) is 9.37. The molecule has 1 heteroatoms. The third-order valence-electron chi connectivity index (χ3n) is 7.14. The van der Waals surface area contributed by atoms with E-state index in [1.54, 1.807) is 9.15 Å². The standard InChI is InChI=1S/C19H25I/c1-18-11-4-3-5-13(18)6-7-14-15-8-9-17(20)19(15,2)12-10-16(14)18/h3,5-6,9,14-16H,4,7-8,10-12H2,1-2H3/t14-,15-,16-,18-,19-/m0/s1. The predicted molar refractivity (Wildman–Crippen MR) is 93.7 cm³/mol. The SMILES string of the molecule is C[C@]12CCC=CC1=CC[C@@H]1[C@@H]2CC[C@]2(C)C(I)=CC[C@@H]12. The zero-order chi connectivity index (χ0) is 14.0. The summed E-state index contributed by atoms with van der Waals surface area (Å²) in [6.07, 6.45) is 18.1. The van der Waals surface area contributed by atoms with Gasteiger partial charge in [0.25, 0.3) is 0 Å². The first-order valence-electron chi connectivity index (χ1n) is 8.29. The van der Waals surface area contributed by atoms with E-state index in [2.05, 4.69) is 60.7 Å². The Labute approximate surface area is 136 Å². The summed E-state index contributed by atoms with van der Waals surface area (Å²) in [5, 5.41) is 0. The summed E-state index contributed by atoms with van der Waals surface area (Å²) in [6, 6.07) is 0. The second-order valence-electron chi connectivity index (χ2n) is 7.87. The van der Waals surface area contributed by atoms with Crippen molar-refractivity contribution in [1.82, 2.24) is 0 Å². The molecule has 0 N–H and O–H groups in total. The first kappa shape index (κ1) is 13.6. The molecule has 108 valence electrons. The van der Waals surface area contributed by atoms with Crippen LogP contribution in [-0.4, -0.2) is 0 Å². The van der Waals surface area contributed by atoms with Gasteiger partial charge in [-0.05, 0) is 93.4 Å². The molecule has 1 saturated carbocycles. The molecule has 4 rings (SSSR count). The van der Waals surface area contributed by atoms with Crippen LogP contribution in [0.15, 0.2) is 33.5 Å². The lowest BCUT2D eigenvalue weighted by Gasteiger charge is -2.56. The van der Waals surface area contributed by atoms with Crippen molar-refractivity contribution in [3.8, 4) is 0 Å². The molecule has 0 radical (unpaired) electrons. The minimum absolute atomic E-state index is 0.479. The monoisotopic (exact) mass is 380 g/mol. The van der Waals surface area contributed by atoms with Crippen LogP contribution < -0.4 is 0 Å². The second kappa shape index (κ2) is 4.47. The molecule has 4 aliphatic rings. The summed E-state index contributed by atoms with van der Waals surface area (Å²) in [7, 11) is 0. The van der Waals surface area contributed by atoms with Gasteiger partial charge in [0.2, 0.25) is 0 Å². The van der Waals surface area contributed by atoms with Gasteiger partial charge in [0.1, 0.15) is 0 Å². The highest BCUT2D eigenvalue weighted by atomic mass is 127. The fourth-order valence-electron chi connectivity index (χ4n) is 5.81. The van der Waals surface area contributed by atoms with E-state index >= 15 is 0 Å². The van der Waals surface area contributed by atoms with E-state index in [0.717, 1.165) is 17.8 Å². The third-order valence-corrected chi connectivity index (χ3v) is 8.81. The Morgan fingerprint density at radius 1 is 1.05 bits per heavy atom. The summed E-state index contributed by atoms with van der Waals surface area (Å²) >= 11 is 2.62. The minimum atomic E-state index is 0.479. The number of allylic oxidation sites excluding steroid dienone is 6. The Hall–Kier alpha value is -0.0500. The summed E-state index contributed by atoms with van der Waals surface area (Å²) in [4.78, 5) is 0. The number of hydrogen-bond donors (Lipinski definition) is 0. The molecule has 0 aromatic heterocycles. The molecule has 0 saturated heterocycles. The van der Waals surface area contributed by atoms with E-state index < -0.39 is 0 Å². The van der Waals surface area contributed by atoms with Crippen LogP contribution in [0.2, 0.25) is 0 Å². The van der Waals surface area contributed by atoms with Crippen molar-refractivity contribution in [3.63, 3.8) is 0 Å². The van der Waals surface area contributed by atoms with Crippen molar-refractivity contribution in [3.05, 3.63) is 33.5 Å². The van der Waals surface area contributed by atoms with Gasteiger partial charge in [-0.1, -0.05) is 38.2 Å². The van der Waals surface area contributed by atoms with Gasteiger partial charge >= 0.3 is 0 Å². The largest absolute Gasteiger partial charge is 0.0842 e. The Morgan fingerprint density at radius 3 is 2.75 bits per heavy atom. The maximum atomic E-state index is 2.62. The maximum absolute atomic E-state index is 2.62. The Kier molecular flexibility index (Phi) is 3.04. The number of hydrogen-bond acceptors (Lipinski definition) is 0. The van der Waals surface area contributed by atoms with Gasteiger partial charge in [-0.2, -0.15) is 0 Å². The molecule has 20 heavy (non-hydrogen) atoms. The topological polar surface area (TPSA) is 0 Å². The highest BCUT2D eigenvalue weighted by Crippen LogP contribution is 2.65. The summed E-state index contributed by atoms with van der Waals surface area (Å²) in [5.74, 6) is 2.77. The number of halogens is 1. The average Bonchev–Trinajstić information content (AvgIpc) is 2.74. The van der Waals surface area contributed by atoms with Crippen LogP contribution in [0.3, 0.4) is 0 Å². The summed E-state index contributed by atoms with van der Waals surface area (Å²) < 4.78 is 1.65. The molecule has 0 aromatic rings. The average molecular weight is 380 g/mol. The molecule has 5 atom stereocenters. The fraction of sp³-hybridized carbons (Fsp3) is 0.684. The van der Waals surface area contributed by atoms with E-state index in [9.17, 15) is 0 Å². The zero-order valence-electron chi connectivity index (χ0n) is 12.7. The zero-order valence-corrected chi connectivity index (χ0v) is 14.8. The Balaban J connectivity index is 1.73. The number of rotatable bonds is 0. The summed E-state index contributed by atoms with van der Waals surface area (Å²) in [6.45, 7) is 5.11. The molecular formula is C19H25I. The molecule has 4 aliphatic carbocycles. The molecule has 0 aliphatic heterocycles. The van der Waals surface area contributed by atoms with Crippen LogP contribution in [0, 0.1) is 28.6 Å². The van der Waals surface area contributed by atoms with Crippen molar-refractivity contribution in [1.29, 1.82) is 0 Å². The van der Waals surface area contributed by atoms with Crippen molar-refractivity contribution >= 4 is 22.6 Å². The van der Waals surface area contributed by atoms with Crippen molar-refractivity contribution < 1.29 is 0 Å². The Bertz CT molecular complexity index is 526. The van der Waals surface area contributed by atoms with Gasteiger partial charge in [-0.3, -0.25) is 0 Å². The smallest absolute Gasteiger partial charge is 0.00136 e. The molecular weight excluding hydrogens is 355 g/mol. The van der Waals surface area contributed by atoms with E-state index in [1.807, 2.05) is 0 Å². The highest BCUT2D eigenvalue weighted by Gasteiger charge is 2.55. The van der Waals surface area contributed by atoms with Gasteiger partial charge in [0, 0.05) is 5.41 Å². The van der Waals surface area contributed by atoms with Crippen LogP contribution >= 0.6 is 22.6 Å². The van der Waals surface area contributed by atoms with E-state index in [4.69, 9.17) is 0 Å². The normalized spacial score (nSPS) is 49.9. The van der Waals surface area contributed by atoms with E-state index in [-0.39, 0.29) is 0 Å². The predicted octanol–water partition coefficient (Wildman–Crippen LogP) is 6.04. The molecule has 0 aromatic carbocycles. The lowest BCUT2D eigenvalue weighted by atomic mass is 9.49. The molecule has 0 heterocycles. The minimum Gasteiger partial charge on any atom is -0.0842 e. The van der Waals surface area contributed by atoms with Gasteiger partial charge < -0.3 is 0 Å². The maximum Gasteiger partial charge on any atom is 0.00136 e. The fourth-order valence-corrected chi connectivity index (χ4v) is 6.74. The van der Waals surface area contributed by atoms with Crippen LogP contribution in [0.25, 0.3) is 0 Å². The van der Waals surface area contributed by atoms with Gasteiger partial charge in [0.05, 0.1) is 0 Å². The van der Waals surface area contributed by atoms with Gasteiger partial charge in [-0.25, -0.2) is 0 Å². The lowest BCUT2D eigenvalue weighted by Crippen LogP contribution is -2.48. The third kappa shape index (κ3) is 1.65. The molecule has 0 nitrogen and oxygen atoms in total. The van der Waals surface area contributed by atoms with Crippen LogP contribution in [0.1, 0.15) is 52.4 Å².